The van der Waals surface area contributed by atoms with Crippen molar-refractivity contribution < 1.29 is 0 Å². The Kier molecular flexibility index (Phi) is 5.05. The summed E-state index contributed by atoms with van der Waals surface area (Å²) >= 11 is 4.15. The highest BCUT2D eigenvalue weighted by atomic mass is 32.1. The van der Waals surface area contributed by atoms with E-state index in [-0.39, 0.29) is 0 Å². The van der Waals surface area contributed by atoms with Crippen LogP contribution < -0.4 is 5.32 Å². The van der Waals surface area contributed by atoms with Gasteiger partial charge in [0.15, 0.2) is 0 Å². The van der Waals surface area contributed by atoms with Crippen LogP contribution in [0.4, 0.5) is 0 Å². The van der Waals surface area contributed by atoms with E-state index in [1.54, 1.807) is 0 Å². The number of hydrogen-bond donors (Lipinski definition) is 2. The van der Waals surface area contributed by atoms with E-state index in [0.29, 0.717) is 0 Å². The lowest BCUT2D eigenvalue weighted by atomic mass is 10.0. The van der Waals surface area contributed by atoms with Crippen LogP contribution in [-0.4, -0.2) is 18.8 Å². The molecule has 0 aliphatic rings. The molecule has 1 N–H and O–H groups in total. The van der Waals surface area contributed by atoms with E-state index >= 15 is 0 Å². The van der Waals surface area contributed by atoms with Gasteiger partial charge in [0.1, 0.15) is 0 Å². The van der Waals surface area contributed by atoms with Gasteiger partial charge in [-0.15, -0.1) is 0 Å². The van der Waals surface area contributed by atoms with E-state index in [1.807, 2.05) is 0 Å². The Hall–Kier alpha value is -0.470. The maximum Gasteiger partial charge on any atom is 0.00398 e. The third-order valence-corrected chi connectivity index (χ3v) is 2.59. The molecule has 0 spiro atoms. The summed E-state index contributed by atoms with van der Waals surface area (Å²) in [6.07, 6.45) is 1.11. The second-order valence-electron chi connectivity index (χ2n) is 3.65. The molecule has 78 valence electrons. The van der Waals surface area contributed by atoms with E-state index in [0.717, 1.165) is 25.3 Å². The Labute approximate surface area is 92.3 Å². The zero-order valence-electron chi connectivity index (χ0n) is 9.01. The second-order valence-corrected chi connectivity index (χ2v) is 4.10. The fraction of sp³-hybridized carbons (Fsp3) is 0.500. The number of rotatable bonds is 5. The third kappa shape index (κ3) is 3.72. The molecule has 0 radical (unpaired) electrons. The van der Waals surface area contributed by atoms with Crippen molar-refractivity contribution >= 4 is 12.6 Å². The topological polar surface area (TPSA) is 12.0 Å². The van der Waals surface area contributed by atoms with E-state index in [1.165, 1.54) is 16.7 Å². The summed E-state index contributed by atoms with van der Waals surface area (Å²) in [5.74, 6) is 0.910. The van der Waals surface area contributed by atoms with Crippen molar-refractivity contribution in [3.05, 3.63) is 34.9 Å². The first-order valence-electron chi connectivity index (χ1n) is 5.11. The molecule has 0 aliphatic carbocycles. The number of thiol groups is 1. The molecule has 0 aromatic heterocycles. The Balaban J connectivity index is 2.45. The van der Waals surface area contributed by atoms with E-state index in [9.17, 15) is 0 Å². The van der Waals surface area contributed by atoms with Crippen LogP contribution in [0.1, 0.15) is 16.7 Å². The molecular weight excluding hydrogens is 190 g/mol. The number of nitrogens with one attached hydrogen (secondary N) is 1. The summed E-state index contributed by atoms with van der Waals surface area (Å²) < 4.78 is 0. The molecule has 0 bridgehead atoms. The van der Waals surface area contributed by atoms with E-state index in [2.05, 4.69) is 50.0 Å². The summed E-state index contributed by atoms with van der Waals surface area (Å²) in [5, 5.41) is 3.35. The van der Waals surface area contributed by atoms with Crippen LogP contribution in [-0.2, 0) is 6.42 Å². The van der Waals surface area contributed by atoms with Gasteiger partial charge in [0.25, 0.3) is 0 Å². The second kappa shape index (κ2) is 6.10. The summed E-state index contributed by atoms with van der Waals surface area (Å²) in [6.45, 7) is 6.36. The minimum atomic E-state index is 0.910. The van der Waals surface area contributed by atoms with E-state index in [4.69, 9.17) is 0 Å². The highest BCUT2D eigenvalue weighted by Crippen LogP contribution is 2.10. The maximum absolute atomic E-state index is 4.15. The average molecular weight is 209 g/mol. The molecule has 0 atom stereocenters. The van der Waals surface area contributed by atoms with Gasteiger partial charge in [0, 0.05) is 12.3 Å². The van der Waals surface area contributed by atoms with Crippen molar-refractivity contribution in [2.45, 2.75) is 20.3 Å². The van der Waals surface area contributed by atoms with E-state index < -0.39 is 0 Å². The SMILES string of the molecule is Cc1ccc(C)c(CCNCCS)c1. The number of aryl methyl sites for hydroxylation is 2. The largest absolute Gasteiger partial charge is 0.316 e. The molecule has 1 aromatic carbocycles. The molecule has 1 aromatic rings. The molecule has 0 fully saturated rings. The van der Waals surface area contributed by atoms with Crippen molar-refractivity contribution in [2.75, 3.05) is 18.8 Å². The van der Waals surface area contributed by atoms with Crippen LogP contribution in [0.25, 0.3) is 0 Å². The normalized spacial score (nSPS) is 10.5. The Morgan fingerprint density at radius 3 is 2.71 bits per heavy atom. The van der Waals surface area contributed by atoms with Crippen molar-refractivity contribution in [3.8, 4) is 0 Å². The number of benzene rings is 1. The summed E-state index contributed by atoms with van der Waals surface area (Å²) in [4.78, 5) is 0. The highest BCUT2D eigenvalue weighted by molar-refractivity contribution is 7.80. The first-order valence-corrected chi connectivity index (χ1v) is 5.75. The van der Waals surface area contributed by atoms with Gasteiger partial charge in [-0.05, 0) is 37.9 Å². The average Bonchev–Trinajstić information content (AvgIpc) is 2.18. The van der Waals surface area contributed by atoms with Gasteiger partial charge in [-0.2, -0.15) is 12.6 Å². The monoisotopic (exact) mass is 209 g/mol. The van der Waals surface area contributed by atoms with Crippen LogP contribution in [0, 0.1) is 13.8 Å². The van der Waals surface area contributed by atoms with Crippen molar-refractivity contribution in [1.82, 2.24) is 5.32 Å². The lowest BCUT2D eigenvalue weighted by molar-refractivity contribution is 0.720. The molecular formula is C12H19NS. The van der Waals surface area contributed by atoms with Gasteiger partial charge in [-0.3, -0.25) is 0 Å². The van der Waals surface area contributed by atoms with Gasteiger partial charge in [0.2, 0.25) is 0 Å². The third-order valence-electron chi connectivity index (χ3n) is 2.36. The number of hydrogen-bond acceptors (Lipinski definition) is 2. The smallest absolute Gasteiger partial charge is 0.00398 e. The fourth-order valence-electron chi connectivity index (χ4n) is 1.50. The Morgan fingerprint density at radius 2 is 2.00 bits per heavy atom. The van der Waals surface area contributed by atoms with Gasteiger partial charge in [-0.1, -0.05) is 23.8 Å². The highest BCUT2D eigenvalue weighted by Gasteiger charge is 1.97. The fourth-order valence-corrected chi connectivity index (χ4v) is 1.65. The Bertz CT molecular complexity index is 284. The summed E-state index contributed by atoms with van der Waals surface area (Å²) in [5.41, 5.74) is 4.19. The predicted octanol–water partition coefficient (Wildman–Crippen LogP) is 2.37. The molecule has 0 unspecified atom stereocenters. The summed E-state index contributed by atoms with van der Waals surface area (Å²) in [6, 6.07) is 6.64. The van der Waals surface area contributed by atoms with Crippen LogP contribution >= 0.6 is 12.6 Å². The molecule has 14 heavy (non-hydrogen) atoms. The Morgan fingerprint density at radius 1 is 1.21 bits per heavy atom. The summed E-state index contributed by atoms with van der Waals surface area (Å²) in [7, 11) is 0. The van der Waals surface area contributed by atoms with Crippen LogP contribution in [0.2, 0.25) is 0 Å². The first-order chi connectivity index (χ1) is 6.74. The predicted molar refractivity (Wildman–Crippen MR) is 66.3 cm³/mol. The zero-order valence-corrected chi connectivity index (χ0v) is 9.90. The van der Waals surface area contributed by atoms with Crippen LogP contribution in [0.15, 0.2) is 18.2 Å². The molecule has 0 saturated heterocycles. The molecule has 0 aliphatic heterocycles. The quantitative estimate of drug-likeness (QED) is 0.560. The maximum atomic E-state index is 4.15. The molecule has 2 heteroatoms. The lowest BCUT2D eigenvalue weighted by Crippen LogP contribution is -2.19. The van der Waals surface area contributed by atoms with Crippen molar-refractivity contribution in [1.29, 1.82) is 0 Å². The standard InChI is InChI=1S/C12H19NS/c1-10-3-4-11(2)12(9-10)5-6-13-7-8-14/h3-4,9,13-14H,5-8H2,1-2H3. The van der Waals surface area contributed by atoms with Gasteiger partial charge in [-0.25, -0.2) is 0 Å². The minimum absolute atomic E-state index is 0.910. The zero-order chi connectivity index (χ0) is 10.4. The van der Waals surface area contributed by atoms with Gasteiger partial charge >= 0.3 is 0 Å². The molecule has 0 heterocycles. The van der Waals surface area contributed by atoms with Gasteiger partial charge < -0.3 is 5.32 Å². The molecule has 0 saturated carbocycles. The molecule has 1 rings (SSSR count). The van der Waals surface area contributed by atoms with Crippen LogP contribution in [0.3, 0.4) is 0 Å². The van der Waals surface area contributed by atoms with Crippen molar-refractivity contribution in [2.24, 2.45) is 0 Å². The van der Waals surface area contributed by atoms with Crippen molar-refractivity contribution in [3.63, 3.8) is 0 Å². The first kappa shape index (κ1) is 11.6. The molecule has 1 nitrogen and oxygen atoms in total. The minimum Gasteiger partial charge on any atom is -0.316 e. The molecule has 0 amide bonds. The van der Waals surface area contributed by atoms with Crippen LogP contribution in [0.5, 0.6) is 0 Å². The lowest BCUT2D eigenvalue weighted by Gasteiger charge is -2.07. The van der Waals surface area contributed by atoms with Gasteiger partial charge in [0.05, 0.1) is 0 Å².